The molecule has 108 valence electrons. The summed E-state index contributed by atoms with van der Waals surface area (Å²) in [5, 5.41) is 31.6. The number of aliphatic hydroxyl groups is 2. The molecule has 20 heavy (non-hydrogen) atoms. The van der Waals surface area contributed by atoms with E-state index in [1.807, 2.05) is 6.26 Å². The van der Waals surface area contributed by atoms with Crippen molar-refractivity contribution in [2.75, 3.05) is 17.7 Å². The van der Waals surface area contributed by atoms with Crippen LogP contribution in [-0.2, 0) is 0 Å². The topological polar surface area (TPSA) is 129 Å². The Balaban J connectivity index is 1.86. The molecule has 9 heteroatoms. The molecule has 0 amide bonds. The number of nitrogens with two attached hydrogens (primary N) is 1. The third-order valence-corrected chi connectivity index (χ3v) is 4.36. The molecule has 3 heterocycles. The monoisotopic (exact) mass is 296 g/mol. The van der Waals surface area contributed by atoms with Crippen LogP contribution in [0.25, 0.3) is 0 Å². The van der Waals surface area contributed by atoms with Crippen LogP contribution in [0, 0.1) is 0 Å². The van der Waals surface area contributed by atoms with Crippen molar-refractivity contribution in [2.45, 2.75) is 30.3 Å². The Morgan fingerprint density at radius 3 is 2.90 bits per heavy atom. The average Bonchev–Trinajstić information content (AvgIpc) is 2.97. The number of hydrogen-bond donors (Lipinski definition) is 4. The summed E-state index contributed by atoms with van der Waals surface area (Å²) in [6.45, 7) is 0. The number of thioether (sulfide) groups is 1. The van der Waals surface area contributed by atoms with E-state index in [0.29, 0.717) is 17.1 Å². The lowest BCUT2D eigenvalue weighted by atomic mass is 9.99. The van der Waals surface area contributed by atoms with E-state index in [1.165, 1.54) is 6.33 Å². The second kappa shape index (κ2) is 5.24. The minimum atomic E-state index is -0.918. The highest BCUT2D eigenvalue weighted by atomic mass is 32.2. The molecule has 5 N–H and O–H groups in total. The molecule has 0 spiro atoms. The van der Waals surface area contributed by atoms with E-state index < -0.39 is 24.3 Å². The molecule has 1 aromatic heterocycles. The van der Waals surface area contributed by atoms with E-state index in [-0.39, 0.29) is 11.9 Å². The summed E-state index contributed by atoms with van der Waals surface area (Å²) in [7, 11) is 0. The van der Waals surface area contributed by atoms with Crippen molar-refractivity contribution >= 4 is 23.3 Å². The number of hydrogen-bond acceptors (Lipinski definition) is 9. The molecule has 0 aromatic carbocycles. The third kappa shape index (κ3) is 2.06. The zero-order valence-corrected chi connectivity index (χ0v) is 11.7. The SMILES string of the molecule is CSC[C@@H]1N[C@H](C2N=Nc3c(N)ncnc32)[C@@H](O)[C@H]1O. The van der Waals surface area contributed by atoms with Crippen LogP contribution in [-0.4, -0.2) is 56.5 Å². The van der Waals surface area contributed by atoms with Gasteiger partial charge in [-0.3, -0.25) is 0 Å². The van der Waals surface area contributed by atoms with Crippen LogP contribution >= 0.6 is 11.8 Å². The number of rotatable bonds is 3. The number of aliphatic hydroxyl groups excluding tert-OH is 2. The van der Waals surface area contributed by atoms with Crippen molar-refractivity contribution in [1.82, 2.24) is 15.3 Å². The number of nitrogen functional groups attached to an aromatic ring is 1. The lowest BCUT2D eigenvalue weighted by Crippen LogP contribution is -2.38. The molecular weight excluding hydrogens is 280 g/mol. The standard InChI is InChI=1S/C11H16N6O2S/c1-20-2-4-9(18)10(19)7(15-4)6-5-8(17-16-6)11(12)14-3-13-5/h3-4,6-7,9-10,15,18-19H,2H2,1H3,(H2,12,13,14)/t4-,6?,7+,9-,10+/m0/s1. The molecule has 0 bridgehead atoms. The Morgan fingerprint density at radius 1 is 1.35 bits per heavy atom. The van der Waals surface area contributed by atoms with E-state index in [4.69, 9.17) is 5.73 Å². The van der Waals surface area contributed by atoms with Gasteiger partial charge in [0.25, 0.3) is 0 Å². The minimum Gasteiger partial charge on any atom is -0.389 e. The highest BCUT2D eigenvalue weighted by Crippen LogP contribution is 2.41. The Hall–Kier alpha value is -1.29. The quantitative estimate of drug-likeness (QED) is 0.598. The van der Waals surface area contributed by atoms with Crippen molar-refractivity contribution in [3.8, 4) is 0 Å². The number of anilines is 1. The Morgan fingerprint density at radius 2 is 2.15 bits per heavy atom. The summed E-state index contributed by atoms with van der Waals surface area (Å²) >= 11 is 1.60. The van der Waals surface area contributed by atoms with Gasteiger partial charge in [-0.25, -0.2) is 9.97 Å². The molecular formula is C11H16N6O2S. The van der Waals surface area contributed by atoms with Gasteiger partial charge in [0.15, 0.2) is 11.5 Å². The van der Waals surface area contributed by atoms with Gasteiger partial charge in [0.05, 0.1) is 18.2 Å². The fourth-order valence-electron chi connectivity index (χ4n) is 2.64. The first kappa shape index (κ1) is 13.7. The summed E-state index contributed by atoms with van der Waals surface area (Å²) in [6, 6.07) is -1.06. The van der Waals surface area contributed by atoms with E-state index in [9.17, 15) is 10.2 Å². The molecule has 8 nitrogen and oxygen atoms in total. The maximum atomic E-state index is 10.2. The molecule has 0 aliphatic carbocycles. The van der Waals surface area contributed by atoms with Crippen molar-refractivity contribution in [2.24, 2.45) is 10.2 Å². The molecule has 2 aliphatic heterocycles. The van der Waals surface area contributed by atoms with Gasteiger partial charge in [-0.05, 0) is 6.26 Å². The predicted molar refractivity (Wildman–Crippen MR) is 74.8 cm³/mol. The first-order chi connectivity index (χ1) is 9.63. The zero-order chi connectivity index (χ0) is 14.3. The lowest BCUT2D eigenvalue weighted by molar-refractivity contribution is 0.0272. The van der Waals surface area contributed by atoms with Gasteiger partial charge in [0.1, 0.15) is 18.1 Å². The average molecular weight is 296 g/mol. The Kier molecular flexibility index (Phi) is 3.59. The van der Waals surface area contributed by atoms with Crippen LogP contribution in [0.2, 0.25) is 0 Å². The van der Waals surface area contributed by atoms with Gasteiger partial charge in [0.2, 0.25) is 0 Å². The van der Waals surface area contributed by atoms with Crippen LogP contribution in [0.1, 0.15) is 11.7 Å². The summed E-state index contributed by atoms with van der Waals surface area (Å²) in [5.41, 5.74) is 6.77. The van der Waals surface area contributed by atoms with Crippen LogP contribution in [0.5, 0.6) is 0 Å². The van der Waals surface area contributed by atoms with Gasteiger partial charge in [0, 0.05) is 11.8 Å². The second-order valence-corrected chi connectivity index (χ2v) is 5.80. The lowest BCUT2D eigenvalue weighted by Gasteiger charge is -2.19. The van der Waals surface area contributed by atoms with Crippen LogP contribution in [0.4, 0.5) is 11.5 Å². The molecule has 5 atom stereocenters. The molecule has 0 radical (unpaired) electrons. The van der Waals surface area contributed by atoms with Crippen LogP contribution < -0.4 is 11.1 Å². The maximum absolute atomic E-state index is 10.2. The van der Waals surface area contributed by atoms with E-state index in [2.05, 4.69) is 25.5 Å². The molecule has 1 unspecified atom stereocenters. The van der Waals surface area contributed by atoms with Gasteiger partial charge in [-0.15, -0.1) is 5.11 Å². The van der Waals surface area contributed by atoms with Crippen molar-refractivity contribution in [3.05, 3.63) is 12.0 Å². The molecule has 3 rings (SSSR count). The Labute approximate surface area is 119 Å². The van der Waals surface area contributed by atoms with Gasteiger partial charge in [-0.2, -0.15) is 16.9 Å². The predicted octanol–water partition coefficient (Wildman–Crippen LogP) is -0.378. The van der Waals surface area contributed by atoms with E-state index in [0.717, 1.165) is 0 Å². The number of fused-ring (bicyclic) bond motifs is 1. The third-order valence-electron chi connectivity index (χ3n) is 3.66. The normalized spacial score (nSPS) is 35.5. The smallest absolute Gasteiger partial charge is 0.155 e. The molecule has 1 aromatic rings. The maximum Gasteiger partial charge on any atom is 0.155 e. The molecule has 0 saturated carbocycles. The summed E-state index contributed by atoms with van der Waals surface area (Å²) in [6.07, 6.45) is 1.56. The number of aromatic nitrogens is 2. The fourth-order valence-corrected chi connectivity index (χ4v) is 3.29. The van der Waals surface area contributed by atoms with Crippen molar-refractivity contribution in [1.29, 1.82) is 0 Å². The summed E-state index contributed by atoms with van der Waals surface area (Å²) in [5.74, 6) is 0.979. The van der Waals surface area contributed by atoms with Crippen LogP contribution in [0.15, 0.2) is 16.6 Å². The van der Waals surface area contributed by atoms with Gasteiger partial charge in [-0.1, -0.05) is 0 Å². The van der Waals surface area contributed by atoms with E-state index >= 15 is 0 Å². The largest absolute Gasteiger partial charge is 0.389 e. The van der Waals surface area contributed by atoms with E-state index in [1.54, 1.807) is 11.8 Å². The minimum absolute atomic E-state index is 0.177. The highest BCUT2D eigenvalue weighted by Gasteiger charge is 2.47. The first-order valence-corrected chi connectivity index (χ1v) is 7.65. The highest BCUT2D eigenvalue weighted by molar-refractivity contribution is 7.98. The van der Waals surface area contributed by atoms with Crippen molar-refractivity contribution < 1.29 is 10.2 Å². The molecule has 1 saturated heterocycles. The number of nitrogens with zero attached hydrogens (tertiary/aromatic N) is 4. The molecule has 2 aliphatic rings. The number of azo groups is 1. The summed E-state index contributed by atoms with van der Waals surface area (Å²) in [4.78, 5) is 8.03. The second-order valence-electron chi connectivity index (χ2n) is 4.89. The number of nitrogens with one attached hydrogen (secondary N) is 1. The Bertz CT molecular complexity index is 542. The van der Waals surface area contributed by atoms with Gasteiger partial charge >= 0.3 is 0 Å². The first-order valence-electron chi connectivity index (χ1n) is 6.26. The molecule has 1 fully saturated rings. The van der Waals surface area contributed by atoms with Gasteiger partial charge < -0.3 is 21.3 Å². The zero-order valence-electron chi connectivity index (χ0n) is 10.8. The summed E-state index contributed by atoms with van der Waals surface area (Å²) < 4.78 is 0. The fraction of sp³-hybridized carbons (Fsp3) is 0.636. The van der Waals surface area contributed by atoms with Crippen LogP contribution in [0.3, 0.4) is 0 Å². The van der Waals surface area contributed by atoms with Crippen molar-refractivity contribution in [3.63, 3.8) is 0 Å².